The van der Waals surface area contributed by atoms with E-state index in [0.29, 0.717) is 0 Å². The number of carbonyl (C=O) groups is 2. The van der Waals surface area contributed by atoms with Gasteiger partial charge in [0.2, 0.25) is 0 Å². The number of aliphatic hydroxyl groups excluding tert-OH is 1. The molecule has 1 heterocycles. The van der Waals surface area contributed by atoms with Crippen LogP contribution in [0.1, 0.15) is 13.3 Å². The molecule has 1 unspecified atom stereocenters. The third-order valence-electron chi connectivity index (χ3n) is 2.28. The van der Waals surface area contributed by atoms with Crippen LogP contribution in [0.2, 0.25) is 0 Å². The van der Waals surface area contributed by atoms with Gasteiger partial charge in [0.15, 0.2) is 5.78 Å². The van der Waals surface area contributed by atoms with Crippen molar-refractivity contribution in [2.75, 3.05) is 19.0 Å². The highest BCUT2D eigenvalue weighted by atomic mass is 35.5. The summed E-state index contributed by atoms with van der Waals surface area (Å²) in [5, 5.41) is 9.46. The largest absolute Gasteiger partial charge is 0.463 e. The fourth-order valence-corrected chi connectivity index (χ4v) is 1.57. The molecule has 1 rings (SSSR count). The predicted octanol–water partition coefficient (Wildman–Crippen LogP) is 0.822. The van der Waals surface area contributed by atoms with Crippen molar-refractivity contribution in [1.82, 2.24) is 4.90 Å². The van der Waals surface area contributed by atoms with Crippen molar-refractivity contribution in [3.05, 3.63) is 24.0 Å². The number of allylic oxidation sites excluding steroid dienone is 1. The Labute approximate surface area is 111 Å². The number of esters is 1. The second-order valence-electron chi connectivity index (χ2n) is 3.84. The number of nitrogens with zero attached hydrogens (tertiary/aromatic N) is 1. The third-order valence-corrected chi connectivity index (χ3v) is 2.63. The zero-order valence-electron chi connectivity index (χ0n) is 10.1. The van der Waals surface area contributed by atoms with Crippen molar-refractivity contribution in [1.29, 1.82) is 0 Å². The fraction of sp³-hybridized carbons (Fsp3) is 0.500. The van der Waals surface area contributed by atoms with Crippen LogP contribution in [0.5, 0.6) is 0 Å². The minimum Gasteiger partial charge on any atom is -0.463 e. The highest BCUT2D eigenvalue weighted by Crippen LogP contribution is 2.13. The number of ketones is 1. The predicted molar refractivity (Wildman–Crippen MR) is 66.9 cm³/mol. The van der Waals surface area contributed by atoms with Crippen molar-refractivity contribution in [3.8, 4) is 0 Å². The molecular formula is C12H16ClNO4. The first-order valence-corrected chi connectivity index (χ1v) is 6.19. The van der Waals surface area contributed by atoms with E-state index in [2.05, 4.69) is 0 Å². The van der Waals surface area contributed by atoms with Crippen LogP contribution < -0.4 is 0 Å². The average Bonchev–Trinajstić information content (AvgIpc) is 2.52. The Kier molecular flexibility index (Phi) is 5.88. The molecule has 1 aliphatic heterocycles. The normalized spacial score (nSPS) is 17.2. The van der Waals surface area contributed by atoms with E-state index in [9.17, 15) is 14.7 Å². The number of alkyl halides is 1. The van der Waals surface area contributed by atoms with Gasteiger partial charge in [0.1, 0.15) is 0 Å². The summed E-state index contributed by atoms with van der Waals surface area (Å²) in [7, 11) is 0. The van der Waals surface area contributed by atoms with E-state index in [1.54, 1.807) is 11.8 Å². The lowest BCUT2D eigenvalue weighted by Gasteiger charge is -2.18. The number of halogens is 1. The Morgan fingerprint density at radius 3 is 3.00 bits per heavy atom. The molecule has 1 N–H and O–H groups in total. The Morgan fingerprint density at radius 1 is 1.67 bits per heavy atom. The van der Waals surface area contributed by atoms with Crippen molar-refractivity contribution in [2.45, 2.75) is 19.4 Å². The van der Waals surface area contributed by atoms with Gasteiger partial charge in [0.05, 0.1) is 24.2 Å². The minimum absolute atomic E-state index is 0.00278. The molecule has 0 aromatic carbocycles. The lowest BCUT2D eigenvalue weighted by molar-refractivity contribution is -0.139. The Balaban J connectivity index is 2.81. The van der Waals surface area contributed by atoms with Crippen molar-refractivity contribution >= 4 is 23.4 Å². The SMILES string of the molecule is CCOC(=O)C1=CN(CC(O)CCl)C=CC(=O)C1. The van der Waals surface area contributed by atoms with E-state index in [1.165, 1.54) is 18.5 Å². The van der Waals surface area contributed by atoms with Crippen molar-refractivity contribution < 1.29 is 19.4 Å². The first-order chi connectivity index (χ1) is 8.56. The number of hydrogen-bond acceptors (Lipinski definition) is 5. The highest BCUT2D eigenvalue weighted by molar-refractivity contribution is 6.18. The Bertz CT molecular complexity index is 378. The van der Waals surface area contributed by atoms with Crippen molar-refractivity contribution in [2.24, 2.45) is 0 Å². The number of rotatable bonds is 5. The second-order valence-corrected chi connectivity index (χ2v) is 4.15. The van der Waals surface area contributed by atoms with Gasteiger partial charge in [0.25, 0.3) is 0 Å². The maximum absolute atomic E-state index is 11.6. The molecule has 5 nitrogen and oxygen atoms in total. The monoisotopic (exact) mass is 273 g/mol. The average molecular weight is 274 g/mol. The topological polar surface area (TPSA) is 66.8 Å². The van der Waals surface area contributed by atoms with Gasteiger partial charge in [-0.1, -0.05) is 0 Å². The first-order valence-electron chi connectivity index (χ1n) is 5.65. The number of hydrogen-bond donors (Lipinski definition) is 1. The minimum atomic E-state index is -0.732. The summed E-state index contributed by atoms with van der Waals surface area (Å²) in [5.41, 5.74) is 0.272. The molecule has 0 aromatic heterocycles. The summed E-state index contributed by atoms with van der Waals surface area (Å²) in [6.07, 6.45) is 3.66. The molecule has 0 spiro atoms. The van der Waals surface area contributed by atoms with E-state index in [-0.39, 0.29) is 36.8 Å². The van der Waals surface area contributed by atoms with Crippen LogP contribution in [-0.2, 0) is 14.3 Å². The third kappa shape index (κ3) is 4.50. The van der Waals surface area contributed by atoms with Gasteiger partial charge in [-0.05, 0) is 13.0 Å². The van der Waals surface area contributed by atoms with Crippen LogP contribution >= 0.6 is 11.6 Å². The van der Waals surface area contributed by atoms with Gasteiger partial charge in [-0.3, -0.25) is 4.79 Å². The van der Waals surface area contributed by atoms with E-state index < -0.39 is 12.1 Å². The number of carbonyl (C=O) groups excluding carboxylic acids is 2. The molecule has 18 heavy (non-hydrogen) atoms. The molecule has 0 amide bonds. The molecule has 0 aliphatic carbocycles. The lowest BCUT2D eigenvalue weighted by atomic mass is 10.1. The lowest BCUT2D eigenvalue weighted by Crippen LogP contribution is -2.26. The second kappa shape index (κ2) is 7.18. The van der Waals surface area contributed by atoms with Gasteiger partial charge in [-0.15, -0.1) is 11.6 Å². The van der Waals surface area contributed by atoms with Crippen LogP contribution in [0.3, 0.4) is 0 Å². The van der Waals surface area contributed by atoms with Crippen molar-refractivity contribution in [3.63, 3.8) is 0 Å². The molecule has 0 saturated heterocycles. The molecule has 6 heteroatoms. The summed E-state index contributed by atoms with van der Waals surface area (Å²) < 4.78 is 4.86. The summed E-state index contributed by atoms with van der Waals surface area (Å²) in [6, 6.07) is 0. The molecule has 1 atom stereocenters. The number of ether oxygens (including phenoxy) is 1. The fourth-order valence-electron chi connectivity index (χ4n) is 1.47. The maximum Gasteiger partial charge on any atom is 0.335 e. The molecule has 0 bridgehead atoms. The molecule has 0 radical (unpaired) electrons. The molecule has 0 aromatic rings. The molecule has 1 aliphatic rings. The maximum atomic E-state index is 11.6. The Morgan fingerprint density at radius 2 is 2.39 bits per heavy atom. The van der Waals surface area contributed by atoms with E-state index in [4.69, 9.17) is 16.3 Å². The summed E-state index contributed by atoms with van der Waals surface area (Å²) in [4.78, 5) is 24.6. The van der Waals surface area contributed by atoms with E-state index >= 15 is 0 Å². The summed E-state index contributed by atoms with van der Waals surface area (Å²) >= 11 is 5.51. The molecular weight excluding hydrogens is 258 g/mol. The molecule has 0 saturated carbocycles. The standard InChI is InChI=1S/C12H16ClNO4/c1-2-18-12(17)9-5-10(15)3-4-14(7-9)8-11(16)6-13/h3-4,7,11,16H,2,5-6,8H2,1H3. The van der Waals surface area contributed by atoms with Gasteiger partial charge >= 0.3 is 5.97 Å². The number of aliphatic hydroxyl groups is 1. The van der Waals surface area contributed by atoms with Gasteiger partial charge in [-0.25, -0.2) is 4.79 Å². The Hall–Kier alpha value is -1.33. The van der Waals surface area contributed by atoms with Crippen LogP contribution in [0.25, 0.3) is 0 Å². The van der Waals surface area contributed by atoms with E-state index in [1.807, 2.05) is 0 Å². The van der Waals surface area contributed by atoms with Crippen LogP contribution in [0.4, 0.5) is 0 Å². The van der Waals surface area contributed by atoms with Gasteiger partial charge in [0, 0.05) is 25.4 Å². The highest BCUT2D eigenvalue weighted by Gasteiger charge is 2.18. The smallest absolute Gasteiger partial charge is 0.335 e. The molecule has 100 valence electrons. The number of β-amino-alcohol motifs (C(OH)–C–C–N with tert-alkyl or cyclic N) is 1. The summed E-state index contributed by atoms with van der Waals surface area (Å²) in [6.45, 7) is 2.17. The van der Waals surface area contributed by atoms with Gasteiger partial charge in [-0.2, -0.15) is 0 Å². The summed E-state index contributed by atoms with van der Waals surface area (Å²) in [5.74, 6) is -0.613. The zero-order valence-corrected chi connectivity index (χ0v) is 10.9. The van der Waals surface area contributed by atoms with Gasteiger partial charge < -0.3 is 14.7 Å². The van der Waals surface area contributed by atoms with Crippen LogP contribution in [0, 0.1) is 0 Å². The first kappa shape index (κ1) is 14.7. The van der Waals surface area contributed by atoms with E-state index in [0.717, 1.165) is 0 Å². The van der Waals surface area contributed by atoms with Crippen LogP contribution in [-0.4, -0.2) is 46.9 Å². The zero-order chi connectivity index (χ0) is 13.5. The molecule has 0 fully saturated rings. The van der Waals surface area contributed by atoms with Crippen LogP contribution in [0.15, 0.2) is 24.0 Å². The quantitative estimate of drug-likeness (QED) is 0.593.